The summed E-state index contributed by atoms with van der Waals surface area (Å²) in [6.45, 7) is 7.28. The first-order valence-electron chi connectivity index (χ1n) is 8.55. The summed E-state index contributed by atoms with van der Waals surface area (Å²) < 4.78 is 11.3. The second-order valence-electron chi connectivity index (χ2n) is 6.21. The monoisotopic (exact) mass is 330 g/mol. The largest absolute Gasteiger partial charge is 0.490 e. The predicted molar refractivity (Wildman–Crippen MR) is 97.0 cm³/mol. The summed E-state index contributed by atoms with van der Waals surface area (Å²) in [6, 6.07) is 5.73. The van der Waals surface area contributed by atoms with Crippen LogP contribution in [0.5, 0.6) is 11.5 Å². The molecule has 1 aromatic carbocycles. The molecule has 6 heteroatoms. The third-order valence-corrected chi connectivity index (χ3v) is 4.24. The van der Waals surface area contributed by atoms with Crippen LogP contribution in [0.4, 0.5) is 5.69 Å². The van der Waals surface area contributed by atoms with Crippen molar-refractivity contribution in [1.29, 1.82) is 0 Å². The fourth-order valence-corrected chi connectivity index (χ4v) is 2.76. The molecule has 0 bridgehead atoms. The molecule has 0 aromatic heterocycles. The minimum absolute atomic E-state index is 0.424. The molecule has 0 spiro atoms. The molecule has 6 nitrogen and oxygen atoms in total. The fourth-order valence-electron chi connectivity index (χ4n) is 2.76. The van der Waals surface area contributed by atoms with E-state index in [2.05, 4.69) is 28.2 Å². The van der Waals surface area contributed by atoms with Crippen LogP contribution in [0, 0.1) is 0 Å². The zero-order valence-corrected chi connectivity index (χ0v) is 14.3. The number of hydrogen-bond acceptors (Lipinski definition) is 4. The maximum atomic E-state index is 5.99. The molecule has 1 aromatic rings. The number of benzene rings is 1. The zero-order chi connectivity index (χ0) is 16.8. The van der Waals surface area contributed by atoms with E-state index in [4.69, 9.17) is 15.2 Å². The maximum absolute atomic E-state index is 5.99. The lowest BCUT2D eigenvalue weighted by molar-refractivity contribution is 0.297. The SMILES string of the molecule is CC1=CCN(CCN=C(N)Nc2ccc3c(c2)OCCCO3)CC1. The summed E-state index contributed by atoms with van der Waals surface area (Å²) in [5, 5.41) is 3.12. The van der Waals surface area contributed by atoms with Crippen LogP contribution in [0.25, 0.3) is 0 Å². The van der Waals surface area contributed by atoms with Gasteiger partial charge in [0.1, 0.15) is 0 Å². The third kappa shape index (κ3) is 4.64. The summed E-state index contributed by atoms with van der Waals surface area (Å²) in [5.74, 6) is 1.95. The van der Waals surface area contributed by atoms with Crippen molar-refractivity contribution in [3.05, 3.63) is 29.8 Å². The predicted octanol–water partition coefficient (Wildman–Crippen LogP) is 2.23. The second kappa shape index (κ2) is 8.06. The molecule has 0 saturated heterocycles. The molecular weight excluding hydrogens is 304 g/mol. The van der Waals surface area contributed by atoms with Crippen molar-refractivity contribution in [2.45, 2.75) is 19.8 Å². The molecule has 0 atom stereocenters. The molecule has 3 N–H and O–H groups in total. The smallest absolute Gasteiger partial charge is 0.193 e. The minimum Gasteiger partial charge on any atom is -0.490 e. The minimum atomic E-state index is 0.424. The van der Waals surface area contributed by atoms with E-state index in [1.165, 1.54) is 5.57 Å². The van der Waals surface area contributed by atoms with Gasteiger partial charge in [-0.1, -0.05) is 11.6 Å². The molecule has 0 aliphatic carbocycles. The van der Waals surface area contributed by atoms with Gasteiger partial charge in [-0.15, -0.1) is 0 Å². The standard InChI is InChI=1S/C18H26N4O2/c1-14-5-8-22(9-6-14)10-7-20-18(19)21-15-3-4-16-17(13-15)24-12-2-11-23-16/h3-5,13H,2,6-12H2,1H3,(H3,19,20,21). The van der Waals surface area contributed by atoms with Gasteiger partial charge in [-0.05, 0) is 25.5 Å². The van der Waals surface area contributed by atoms with E-state index >= 15 is 0 Å². The first-order valence-corrected chi connectivity index (χ1v) is 8.55. The van der Waals surface area contributed by atoms with Crippen LogP contribution in [0.15, 0.2) is 34.8 Å². The number of guanidine groups is 1. The van der Waals surface area contributed by atoms with Crippen molar-refractivity contribution < 1.29 is 9.47 Å². The topological polar surface area (TPSA) is 72.1 Å². The molecule has 2 heterocycles. The van der Waals surface area contributed by atoms with Crippen LogP contribution in [0.1, 0.15) is 19.8 Å². The molecule has 0 fully saturated rings. The van der Waals surface area contributed by atoms with Crippen LogP contribution in [-0.2, 0) is 0 Å². The molecule has 3 rings (SSSR count). The summed E-state index contributed by atoms with van der Waals surface area (Å²) in [5.41, 5.74) is 8.32. The van der Waals surface area contributed by atoms with Crippen LogP contribution >= 0.6 is 0 Å². The number of nitrogens with zero attached hydrogens (tertiary/aromatic N) is 2. The molecule has 2 aliphatic heterocycles. The van der Waals surface area contributed by atoms with E-state index < -0.39 is 0 Å². The molecule has 0 saturated carbocycles. The van der Waals surface area contributed by atoms with Gasteiger partial charge in [0.15, 0.2) is 17.5 Å². The van der Waals surface area contributed by atoms with Crippen LogP contribution in [0.2, 0.25) is 0 Å². The van der Waals surface area contributed by atoms with Gasteiger partial charge in [0.25, 0.3) is 0 Å². The van der Waals surface area contributed by atoms with E-state index in [1.807, 2.05) is 18.2 Å². The molecule has 24 heavy (non-hydrogen) atoms. The molecule has 2 aliphatic rings. The summed E-state index contributed by atoms with van der Waals surface area (Å²) in [4.78, 5) is 6.80. The van der Waals surface area contributed by atoms with E-state index in [1.54, 1.807) is 0 Å². The summed E-state index contributed by atoms with van der Waals surface area (Å²) >= 11 is 0. The number of anilines is 1. The lowest BCUT2D eigenvalue weighted by Gasteiger charge is -2.24. The van der Waals surface area contributed by atoms with Gasteiger partial charge < -0.3 is 20.5 Å². The van der Waals surface area contributed by atoms with Gasteiger partial charge >= 0.3 is 0 Å². The third-order valence-electron chi connectivity index (χ3n) is 4.24. The maximum Gasteiger partial charge on any atom is 0.193 e. The van der Waals surface area contributed by atoms with Gasteiger partial charge in [-0.3, -0.25) is 9.89 Å². The Morgan fingerprint density at radius 3 is 2.92 bits per heavy atom. The van der Waals surface area contributed by atoms with Crippen LogP contribution in [0.3, 0.4) is 0 Å². The Morgan fingerprint density at radius 1 is 1.29 bits per heavy atom. The zero-order valence-electron chi connectivity index (χ0n) is 14.3. The van der Waals surface area contributed by atoms with Gasteiger partial charge in [-0.25, -0.2) is 0 Å². The van der Waals surface area contributed by atoms with Gasteiger partial charge in [0.2, 0.25) is 0 Å². The van der Waals surface area contributed by atoms with Crippen LogP contribution in [-0.4, -0.2) is 50.3 Å². The van der Waals surface area contributed by atoms with Gasteiger partial charge in [0.05, 0.1) is 19.8 Å². The number of nitrogens with two attached hydrogens (primary N) is 1. The lowest BCUT2D eigenvalue weighted by atomic mass is 10.1. The molecule has 0 radical (unpaired) electrons. The number of ether oxygens (including phenoxy) is 2. The highest BCUT2D eigenvalue weighted by molar-refractivity contribution is 5.92. The van der Waals surface area contributed by atoms with Gasteiger partial charge in [-0.2, -0.15) is 0 Å². The van der Waals surface area contributed by atoms with E-state index in [0.717, 1.165) is 49.7 Å². The molecular formula is C18H26N4O2. The van der Waals surface area contributed by atoms with Crippen LogP contribution < -0.4 is 20.5 Å². The highest BCUT2D eigenvalue weighted by Gasteiger charge is 2.11. The normalized spacial score (nSPS) is 18.7. The fraction of sp³-hybridized carbons (Fsp3) is 0.500. The molecule has 0 unspecified atom stereocenters. The summed E-state index contributed by atoms with van der Waals surface area (Å²) in [7, 11) is 0. The van der Waals surface area contributed by atoms with Crippen molar-refractivity contribution in [3.8, 4) is 11.5 Å². The Kier molecular flexibility index (Phi) is 5.59. The van der Waals surface area contributed by atoms with Gasteiger partial charge in [0, 0.05) is 37.8 Å². The molecule has 0 amide bonds. The highest BCUT2D eigenvalue weighted by Crippen LogP contribution is 2.32. The van der Waals surface area contributed by atoms with Crippen molar-refractivity contribution in [2.24, 2.45) is 10.7 Å². The van der Waals surface area contributed by atoms with Crippen molar-refractivity contribution in [1.82, 2.24) is 4.90 Å². The average Bonchev–Trinajstić information content (AvgIpc) is 2.81. The van der Waals surface area contributed by atoms with Crippen molar-refractivity contribution >= 4 is 11.6 Å². The Balaban J connectivity index is 1.51. The quantitative estimate of drug-likeness (QED) is 0.503. The summed E-state index contributed by atoms with van der Waals surface area (Å²) in [6.07, 6.45) is 4.33. The van der Waals surface area contributed by atoms with E-state index in [-0.39, 0.29) is 0 Å². The number of nitrogens with one attached hydrogen (secondary N) is 1. The lowest BCUT2D eigenvalue weighted by Crippen LogP contribution is -2.32. The van der Waals surface area contributed by atoms with E-state index in [9.17, 15) is 0 Å². The molecule has 130 valence electrons. The first kappa shape index (κ1) is 16.6. The van der Waals surface area contributed by atoms with Crippen molar-refractivity contribution in [3.63, 3.8) is 0 Å². The first-order chi connectivity index (χ1) is 11.7. The second-order valence-corrected chi connectivity index (χ2v) is 6.21. The number of fused-ring (bicyclic) bond motifs is 1. The highest BCUT2D eigenvalue weighted by atomic mass is 16.5. The number of rotatable bonds is 4. The Morgan fingerprint density at radius 2 is 2.12 bits per heavy atom. The Labute approximate surface area is 143 Å². The number of aliphatic imine (C=N–C) groups is 1. The van der Waals surface area contributed by atoms with E-state index in [0.29, 0.717) is 25.7 Å². The number of hydrogen-bond donors (Lipinski definition) is 2. The average molecular weight is 330 g/mol. The Hall–Kier alpha value is -2.21. The Bertz CT molecular complexity index is 627. The van der Waals surface area contributed by atoms with Crippen molar-refractivity contribution in [2.75, 3.05) is 44.7 Å².